The van der Waals surface area contributed by atoms with Gasteiger partial charge < -0.3 is 5.11 Å². The minimum Gasteiger partial charge on any atom is -0.507 e. The summed E-state index contributed by atoms with van der Waals surface area (Å²) in [5.74, 6) is -0.401. The van der Waals surface area contributed by atoms with E-state index >= 15 is 0 Å². The molecule has 0 saturated carbocycles. The number of carbonyl (C=O) groups is 1. The lowest BCUT2D eigenvalue weighted by atomic mass is 10.1. The van der Waals surface area contributed by atoms with Crippen molar-refractivity contribution in [1.29, 1.82) is 0 Å². The summed E-state index contributed by atoms with van der Waals surface area (Å²) in [6, 6.07) is 7.73. The maximum absolute atomic E-state index is 12.3. The van der Waals surface area contributed by atoms with Gasteiger partial charge in [0.05, 0.1) is 10.4 Å². The van der Waals surface area contributed by atoms with Gasteiger partial charge in [0.25, 0.3) is 5.56 Å². The van der Waals surface area contributed by atoms with Crippen LogP contribution in [0, 0.1) is 6.92 Å². The Labute approximate surface area is 117 Å². The van der Waals surface area contributed by atoms with E-state index in [1.807, 2.05) is 0 Å². The summed E-state index contributed by atoms with van der Waals surface area (Å²) in [5.41, 5.74) is 0.599. The number of aromatic hydroxyl groups is 1. The third kappa shape index (κ3) is 2.00. The molecule has 20 heavy (non-hydrogen) atoms. The first-order valence-corrected chi connectivity index (χ1v) is 6.70. The Morgan fingerprint density at radius 1 is 1.35 bits per heavy atom. The third-order valence-electron chi connectivity index (χ3n) is 2.87. The van der Waals surface area contributed by atoms with E-state index in [0.717, 1.165) is 11.3 Å². The molecule has 0 aliphatic heterocycles. The summed E-state index contributed by atoms with van der Waals surface area (Å²) in [5, 5.41) is 9.72. The fourth-order valence-corrected chi connectivity index (χ4v) is 2.90. The quantitative estimate of drug-likeness (QED) is 0.731. The van der Waals surface area contributed by atoms with Gasteiger partial charge in [0.2, 0.25) is 5.78 Å². The molecule has 0 aliphatic rings. The Hall–Kier alpha value is -2.47. The molecule has 0 spiro atoms. The van der Waals surface area contributed by atoms with Crippen LogP contribution in [-0.2, 0) is 0 Å². The Morgan fingerprint density at radius 3 is 2.85 bits per heavy atom. The molecular weight excluding hydrogens is 276 g/mol. The smallest absolute Gasteiger partial charge is 0.258 e. The number of thiazole rings is 1. The summed E-state index contributed by atoms with van der Waals surface area (Å²) in [4.78, 5) is 29.2. The zero-order chi connectivity index (χ0) is 14.3. The molecule has 3 rings (SSSR count). The zero-order valence-corrected chi connectivity index (χ0v) is 11.3. The van der Waals surface area contributed by atoms with Crippen LogP contribution >= 0.6 is 11.3 Å². The average molecular weight is 286 g/mol. The van der Waals surface area contributed by atoms with Gasteiger partial charge in [-0.15, -0.1) is 0 Å². The Balaban J connectivity index is 2.16. The third-order valence-corrected chi connectivity index (χ3v) is 3.85. The number of hydrogen-bond acceptors (Lipinski definition) is 5. The lowest BCUT2D eigenvalue weighted by Crippen LogP contribution is -2.11. The molecule has 0 amide bonds. The van der Waals surface area contributed by atoms with Crippen molar-refractivity contribution in [3.8, 4) is 5.75 Å². The monoisotopic (exact) mass is 286 g/mol. The van der Waals surface area contributed by atoms with Crippen molar-refractivity contribution in [2.45, 2.75) is 6.92 Å². The number of nitrogens with zero attached hydrogens (tertiary/aromatic N) is 2. The second-order valence-corrected chi connectivity index (χ2v) is 5.34. The van der Waals surface area contributed by atoms with Crippen molar-refractivity contribution >= 4 is 22.1 Å². The second-order valence-electron chi connectivity index (χ2n) is 4.33. The number of carbonyl (C=O) groups excluding carboxylic acids is 1. The highest BCUT2D eigenvalue weighted by atomic mass is 32.1. The SMILES string of the molecule is Cc1cc(=O)n2cc(C(=O)c3ccccc3O)sc2n1. The molecule has 2 heterocycles. The number of benzene rings is 1. The molecule has 0 saturated heterocycles. The van der Waals surface area contributed by atoms with Gasteiger partial charge >= 0.3 is 0 Å². The summed E-state index contributed by atoms with van der Waals surface area (Å²) in [6.45, 7) is 1.73. The largest absolute Gasteiger partial charge is 0.507 e. The highest BCUT2D eigenvalue weighted by Crippen LogP contribution is 2.23. The predicted octanol–water partition coefficient (Wildman–Crippen LogP) is 2.00. The molecule has 3 aromatic rings. The van der Waals surface area contributed by atoms with Crippen molar-refractivity contribution in [2.75, 3.05) is 0 Å². The molecule has 2 aromatic heterocycles. The van der Waals surface area contributed by atoms with Crippen molar-refractivity contribution < 1.29 is 9.90 Å². The molecule has 0 unspecified atom stereocenters. The minimum absolute atomic E-state index is 0.0774. The second kappa shape index (κ2) is 4.57. The van der Waals surface area contributed by atoms with Gasteiger partial charge in [-0.1, -0.05) is 23.5 Å². The number of ketones is 1. The van der Waals surface area contributed by atoms with E-state index in [1.165, 1.54) is 22.7 Å². The Bertz CT molecular complexity index is 880. The van der Waals surface area contributed by atoms with E-state index in [-0.39, 0.29) is 22.7 Å². The maximum atomic E-state index is 12.3. The van der Waals surface area contributed by atoms with Crippen molar-refractivity contribution in [3.05, 3.63) is 63.0 Å². The van der Waals surface area contributed by atoms with Gasteiger partial charge in [-0.3, -0.25) is 14.0 Å². The lowest BCUT2D eigenvalue weighted by molar-refractivity contribution is 0.103. The Morgan fingerprint density at radius 2 is 2.10 bits per heavy atom. The number of phenolic OH excluding ortho intramolecular Hbond substituents is 1. The van der Waals surface area contributed by atoms with E-state index < -0.39 is 0 Å². The average Bonchev–Trinajstić information content (AvgIpc) is 2.82. The van der Waals surface area contributed by atoms with Crippen molar-refractivity contribution in [1.82, 2.24) is 9.38 Å². The normalized spacial score (nSPS) is 10.8. The van der Waals surface area contributed by atoms with E-state index in [9.17, 15) is 14.7 Å². The van der Waals surface area contributed by atoms with Gasteiger partial charge in [-0.25, -0.2) is 4.98 Å². The van der Waals surface area contributed by atoms with E-state index in [4.69, 9.17) is 0 Å². The van der Waals surface area contributed by atoms with E-state index in [1.54, 1.807) is 25.1 Å². The molecule has 0 atom stereocenters. The minimum atomic E-state index is -0.323. The molecule has 100 valence electrons. The Kier molecular flexibility index (Phi) is 2.87. The van der Waals surface area contributed by atoms with E-state index in [2.05, 4.69) is 4.98 Å². The lowest BCUT2D eigenvalue weighted by Gasteiger charge is -1.99. The first kappa shape index (κ1) is 12.6. The van der Waals surface area contributed by atoms with Crippen molar-refractivity contribution in [2.24, 2.45) is 0 Å². The van der Waals surface area contributed by atoms with Crippen LogP contribution in [0.1, 0.15) is 20.9 Å². The molecule has 6 heteroatoms. The predicted molar refractivity (Wildman–Crippen MR) is 75.6 cm³/mol. The molecule has 5 nitrogen and oxygen atoms in total. The summed E-state index contributed by atoms with van der Waals surface area (Å²) in [7, 11) is 0. The fraction of sp³-hybridized carbons (Fsp3) is 0.0714. The molecule has 0 aliphatic carbocycles. The number of para-hydroxylation sites is 1. The van der Waals surface area contributed by atoms with Gasteiger partial charge in [0.15, 0.2) is 4.96 Å². The van der Waals surface area contributed by atoms with Crippen LogP contribution in [0.15, 0.2) is 41.3 Å². The van der Waals surface area contributed by atoms with Crippen molar-refractivity contribution in [3.63, 3.8) is 0 Å². The van der Waals surface area contributed by atoms with Gasteiger partial charge in [0.1, 0.15) is 5.75 Å². The number of fused-ring (bicyclic) bond motifs is 1. The molecule has 1 aromatic carbocycles. The van der Waals surface area contributed by atoms with Gasteiger partial charge in [0, 0.05) is 18.0 Å². The number of aromatic nitrogens is 2. The van der Waals surface area contributed by atoms with E-state index in [0.29, 0.717) is 15.5 Å². The van der Waals surface area contributed by atoms with Gasteiger partial charge in [-0.2, -0.15) is 0 Å². The first-order chi connectivity index (χ1) is 9.56. The van der Waals surface area contributed by atoms with Crippen LogP contribution in [0.4, 0.5) is 0 Å². The van der Waals surface area contributed by atoms with Crippen LogP contribution in [0.2, 0.25) is 0 Å². The first-order valence-electron chi connectivity index (χ1n) is 5.89. The summed E-state index contributed by atoms with van der Waals surface area (Å²) >= 11 is 1.13. The molecular formula is C14H10N2O3S. The van der Waals surface area contributed by atoms with Crippen LogP contribution in [0.3, 0.4) is 0 Å². The van der Waals surface area contributed by atoms with Crippen LogP contribution in [-0.4, -0.2) is 20.3 Å². The molecule has 1 N–H and O–H groups in total. The van der Waals surface area contributed by atoms with Gasteiger partial charge in [-0.05, 0) is 19.1 Å². The highest BCUT2D eigenvalue weighted by Gasteiger charge is 2.17. The zero-order valence-electron chi connectivity index (χ0n) is 10.5. The summed E-state index contributed by atoms with van der Waals surface area (Å²) < 4.78 is 1.34. The summed E-state index contributed by atoms with van der Waals surface area (Å²) in [6.07, 6.45) is 1.46. The molecule has 0 bridgehead atoms. The fourth-order valence-electron chi connectivity index (χ4n) is 1.92. The van der Waals surface area contributed by atoms with Crippen LogP contribution in [0.25, 0.3) is 4.96 Å². The molecule has 0 fully saturated rings. The number of hydrogen-bond donors (Lipinski definition) is 1. The topological polar surface area (TPSA) is 71.7 Å². The standard InChI is InChI=1S/C14H10N2O3S/c1-8-6-12(18)16-7-11(20-14(16)15-8)13(19)9-4-2-3-5-10(9)17/h2-7,17H,1H3. The molecule has 0 radical (unpaired) electrons. The number of rotatable bonds is 2. The number of phenols is 1. The van der Waals surface area contributed by atoms with Crippen LogP contribution in [0.5, 0.6) is 5.75 Å². The maximum Gasteiger partial charge on any atom is 0.258 e. The number of aryl methyl sites for hydroxylation is 1. The highest BCUT2D eigenvalue weighted by molar-refractivity contribution is 7.19. The van der Waals surface area contributed by atoms with Crippen LogP contribution < -0.4 is 5.56 Å².